The Morgan fingerprint density at radius 1 is 1.08 bits per heavy atom. The van der Waals surface area contributed by atoms with Crippen LogP contribution in [0.25, 0.3) is 0 Å². The molecule has 0 fully saturated rings. The number of carbonyl (C=O) groups excluding carboxylic acids is 1. The van der Waals surface area contributed by atoms with Crippen molar-refractivity contribution in [2.24, 2.45) is 0 Å². The van der Waals surface area contributed by atoms with Crippen LogP contribution in [0.1, 0.15) is 24.8 Å². The molecule has 24 heavy (non-hydrogen) atoms. The summed E-state index contributed by atoms with van der Waals surface area (Å²) < 4.78 is 0. The van der Waals surface area contributed by atoms with E-state index in [1.54, 1.807) is 0 Å². The molecule has 1 rings (SSSR count). The Kier molecular flexibility index (Phi) is 11.2. The normalized spacial score (nSPS) is 10.6. The van der Waals surface area contributed by atoms with Crippen LogP contribution in [0, 0.1) is 0 Å². The molecule has 0 aliphatic carbocycles. The fourth-order valence-corrected chi connectivity index (χ4v) is 2.99. The highest BCUT2D eigenvalue weighted by molar-refractivity contribution is 6.33. The summed E-state index contributed by atoms with van der Waals surface area (Å²) in [4.78, 5) is 14.1. The van der Waals surface area contributed by atoms with Crippen LogP contribution in [0.5, 0.6) is 0 Å². The molecule has 134 valence electrons. The Bertz CT molecular complexity index is 446. The molecule has 0 atom stereocenters. The van der Waals surface area contributed by atoms with Gasteiger partial charge < -0.3 is 20.4 Å². The highest BCUT2D eigenvalue weighted by Crippen LogP contribution is 2.16. The number of anilines is 1. The zero-order valence-electron chi connectivity index (χ0n) is 14.6. The number of benzene rings is 1. The average Bonchev–Trinajstić information content (AvgIpc) is 2.60. The molecule has 0 unspecified atom stereocenters. The molecular weight excluding hydrogens is 320 g/mol. The van der Waals surface area contributed by atoms with E-state index in [-0.39, 0.29) is 19.1 Å². The van der Waals surface area contributed by atoms with Crippen LogP contribution in [0.15, 0.2) is 24.3 Å². The number of aliphatic hydroxyl groups excluding tert-OH is 2. The lowest BCUT2D eigenvalue weighted by atomic mass is 10.1. The van der Waals surface area contributed by atoms with Crippen LogP contribution >= 0.6 is 0 Å². The smallest absolute Gasteiger partial charge is 0.224 e. The molecule has 5 nitrogen and oxygen atoms in total. The van der Waals surface area contributed by atoms with Gasteiger partial charge in [0, 0.05) is 48.1 Å². The van der Waals surface area contributed by atoms with Crippen LogP contribution in [-0.2, 0) is 11.2 Å². The first kappa shape index (κ1) is 20.7. The Morgan fingerprint density at radius 2 is 1.71 bits per heavy atom. The van der Waals surface area contributed by atoms with Gasteiger partial charge in [0.25, 0.3) is 0 Å². The zero-order valence-corrected chi connectivity index (χ0v) is 15.6. The van der Waals surface area contributed by atoms with Crippen molar-refractivity contribution in [3.8, 4) is 0 Å². The molecule has 0 aliphatic heterocycles. The SMILES string of the molecule is C[Si]CCCNC(=O)Cc1ccc(N(CCCO)CCCO)cc1. The molecule has 0 spiro atoms. The van der Waals surface area contributed by atoms with Crippen LogP contribution in [0.3, 0.4) is 0 Å². The van der Waals surface area contributed by atoms with E-state index < -0.39 is 0 Å². The van der Waals surface area contributed by atoms with Gasteiger partial charge in [-0.2, -0.15) is 0 Å². The predicted octanol–water partition coefficient (Wildman–Crippen LogP) is 1.48. The van der Waals surface area contributed by atoms with Gasteiger partial charge in [-0.25, -0.2) is 0 Å². The number of nitrogens with one attached hydrogen (secondary N) is 1. The Morgan fingerprint density at radius 3 is 2.25 bits per heavy atom. The summed E-state index contributed by atoms with van der Waals surface area (Å²) in [5.41, 5.74) is 2.06. The van der Waals surface area contributed by atoms with Gasteiger partial charge in [0.1, 0.15) is 0 Å². The van der Waals surface area contributed by atoms with E-state index in [0.717, 1.165) is 46.8 Å². The van der Waals surface area contributed by atoms with Crippen molar-refractivity contribution in [2.45, 2.75) is 38.3 Å². The van der Waals surface area contributed by atoms with Gasteiger partial charge in [-0.1, -0.05) is 24.7 Å². The highest BCUT2D eigenvalue weighted by Gasteiger charge is 2.07. The molecule has 1 amide bonds. The van der Waals surface area contributed by atoms with Gasteiger partial charge in [-0.3, -0.25) is 4.79 Å². The molecule has 0 aromatic heterocycles. The van der Waals surface area contributed by atoms with E-state index >= 15 is 0 Å². The molecular formula is C18H30N2O3Si. The standard InChI is InChI=1S/C18H30N2O3Si/c1-24-14-2-9-19-18(23)15-16-5-7-17(8-6-16)20(10-3-12-21)11-4-13-22/h5-8,21-22H,2-4,9-15H2,1H3,(H,19,23). The van der Waals surface area contributed by atoms with E-state index in [0.29, 0.717) is 19.3 Å². The maximum absolute atomic E-state index is 11.9. The fourth-order valence-electron chi connectivity index (χ4n) is 2.46. The van der Waals surface area contributed by atoms with Crippen LogP contribution < -0.4 is 10.2 Å². The Balaban J connectivity index is 2.51. The third kappa shape index (κ3) is 8.47. The first-order valence-corrected chi connectivity index (χ1v) is 10.4. The molecule has 2 radical (unpaired) electrons. The van der Waals surface area contributed by atoms with Gasteiger partial charge in [0.2, 0.25) is 5.91 Å². The molecule has 0 bridgehead atoms. The van der Waals surface area contributed by atoms with Crippen LogP contribution in [0.2, 0.25) is 12.6 Å². The quantitative estimate of drug-likeness (QED) is 0.372. The minimum absolute atomic E-state index is 0.0691. The topological polar surface area (TPSA) is 72.8 Å². The summed E-state index contributed by atoms with van der Waals surface area (Å²) in [6.07, 6.45) is 2.86. The second-order valence-corrected chi connectivity index (χ2v) is 7.00. The predicted molar refractivity (Wildman–Crippen MR) is 99.8 cm³/mol. The summed E-state index contributed by atoms with van der Waals surface area (Å²) in [7, 11) is 0.942. The van der Waals surface area contributed by atoms with E-state index in [4.69, 9.17) is 10.2 Å². The number of carbonyl (C=O) groups is 1. The Hall–Kier alpha value is -1.37. The van der Waals surface area contributed by atoms with Crippen LogP contribution in [0.4, 0.5) is 5.69 Å². The van der Waals surface area contributed by atoms with Gasteiger partial charge >= 0.3 is 0 Å². The number of hydrogen-bond donors (Lipinski definition) is 3. The molecule has 0 saturated heterocycles. The van der Waals surface area contributed by atoms with Crippen molar-refractivity contribution < 1.29 is 15.0 Å². The molecule has 0 aliphatic rings. The zero-order chi connectivity index (χ0) is 17.6. The molecule has 6 heteroatoms. The molecule has 0 heterocycles. The van der Waals surface area contributed by atoms with E-state index in [1.807, 2.05) is 24.3 Å². The summed E-state index contributed by atoms with van der Waals surface area (Å²) in [5, 5.41) is 21.0. The van der Waals surface area contributed by atoms with E-state index in [2.05, 4.69) is 16.8 Å². The number of hydrogen-bond acceptors (Lipinski definition) is 4. The number of aliphatic hydroxyl groups is 2. The highest BCUT2D eigenvalue weighted by atomic mass is 28.2. The average molecular weight is 351 g/mol. The van der Waals surface area contributed by atoms with Crippen molar-refractivity contribution in [3.63, 3.8) is 0 Å². The second kappa shape index (κ2) is 13.0. The lowest BCUT2D eigenvalue weighted by Crippen LogP contribution is -2.27. The largest absolute Gasteiger partial charge is 0.396 e. The minimum atomic E-state index is 0.0691. The van der Waals surface area contributed by atoms with Gasteiger partial charge in [-0.15, -0.1) is 0 Å². The van der Waals surface area contributed by atoms with Gasteiger partial charge in [0.05, 0.1) is 6.42 Å². The van der Waals surface area contributed by atoms with Crippen molar-refractivity contribution in [2.75, 3.05) is 37.7 Å². The lowest BCUT2D eigenvalue weighted by molar-refractivity contribution is -0.120. The van der Waals surface area contributed by atoms with Crippen molar-refractivity contribution in [1.29, 1.82) is 0 Å². The molecule has 0 saturated carbocycles. The van der Waals surface area contributed by atoms with Crippen molar-refractivity contribution >= 4 is 21.1 Å². The Labute approximate surface area is 147 Å². The fraction of sp³-hybridized carbons (Fsp3) is 0.611. The van der Waals surface area contributed by atoms with E-state index in [9.17, 15) is 4.79 Å². The van der Waals surface area contributed by atoms with Gasteiger partial charge in [0.15, 0.2) is 0 Å². The summed E-state index contributed by atoms with van der Waals surface area (Å²) in [5.74, 6) is 0.0691. The third-order valence-electron chi connectivity index (χ3n) is 3.76. The maximum Gasteiger partial charge on any atom is 0.224 e. The second-order valence-electron chi connectivity index (χ2n) is 5.79. The maximum atomic E-state index is 11.9. The van der Waals surface area contributed by atoms with E-state index in [1.165, 1.54) is 6.04 Å². The third-order valence-corrected chi connectivity index (χ3v) is 4.62. The molecule has 3 N–H and O–H groups in total. The summed E-state index contributed by atoms with van der Waals surface area (Å²) in [6, 6.07) is 9.15. The monoisotopic (exact) mass is 350 g/mol. The summed E-state index contributed by atoms with van der Waals surface area (Å²) >= 11 is 0. The number of rotatable bonds is 13. The van der Waals surface area contributed by atoms with Crippen LogP contribution in [-0.4, -0.2) is 58.5 Å². The number of nitrogens with zero attached hydrogens (tertiary/aromatic N) is 1. The number of amides is 1. The molecule has 1 aromatic rings. The molecule has 1 aromatic carbocycles. The minimum Gasteiger partial charge on any atom is -0.396 e. The first-order chi connectivity index (χ1) is 11.7. The lowest BCUT2D eigenvalue weighted by Gasteiger charge is -2.24. The first-order valence-electron chi connectivity index (χ1n) is 8.68. The van der Waals surface area contributed by atoms with Gasteiger partial charge in [-0.05, 0) is 37.0 Å². The summed E-state index contributed by atoms with van der Waals surface area (Å²) in [6.45, 7) is 4.77. The van der Waals surface area contributed by atoms with Crippen molar-refractivity contribution in [3.05, 3.63) is 29.8 Å². The van der Waals surface area contributed by atoms with Crippen molar-refractivity contribution in [1.82, 2.24) is 5.32 Å².